The van der Waals surface area contributed by atoms with Gasteiger partial charge in [-0.05, 0) is 24.3 Å². The van der Waals surface area contributed by atoms with Crippen LogP contribution in [0.15, 0.2) is 29.2 Å². The summed E-state index contributed by atoms with van der Waals surface area (Å²) in [4.78, 5) is 0.284. The van der Waals surface area contributed by atoms with Crippen molar-refractivity contribution in [2.45, 2.75) is 17.0 Å². The molecule has 0 aliphatic carbocycles. The molecule has 94 valence electrons. The number of sulfone groups is 1. The summed E-state index contributed by atoms with van der Waals surface area (Å²) in [6.45, 7) is 0.786. The van der Waals surface area contributed by atoms with E-state index in [0.717, 1.165) is 5.69 Å². The van der Waals surface area contributed by atoms with Crippen LogP contribution >= 0.6 is 0 Å². The fourth-order valence-electron chi connectivity index (χ4n) is 1.69. The Kier molecular flexibility index (Phi) is 3.37. The molecule has 1 aromatic rings. The van der Waals surface area contributed by atoms with E-state index >= 15 is 0 Å². The van der Waals surface area contributed by atoms with Crippen LogP contribution < -0.4 is 5.32 Å². The predicted molar refractivity (Wildman–Crippen MR) is 63.8 cm³/mol. The Morgan fingerprint density at radius 2 is 1.94 bits per heavy atom. The van der Waals surface area contributed by atoms with Crippen LogP contribution in [-0.2, 0) is 14.6 Å². The van der Waals surface area contributed by atoms with Crippen LogP contribution in [0.5, 0.6) is 0 Å². The molecule has 5 nitrogen and oxygen atoms in total. The molecule has 1 heterocycles. The van der Waals surface area contributed by atoms with Crippen LogP contribution in [0.1, 0.15) is 0 Å². The summed E-state index contributed by atoms with van der Waals surface area (Å²) in [5.41, 5.74) is 0.770. The van der Waals surface area contributed by atoms with Crippen LogP contribution in [0.2, 0.25) is 0 Å². The Hall–Kier alpha value is -1.11. The zero-order valence-corrected chi connectivity index (χ0v) is 10.3. The highest BCUT2D eigenvalue weighted by atomic mass is 32.2. The van der Waals surface area contributed by atoms with Gasteiger partial charge in [-0.25, -0.2) is 8.42 Å². The molecule has 2 atom stereocenters. The zero-order chi connectivity index (χ0) is 12.5. The van der Waals surface area contributed by atoms with Gasteiger partial charge >= 0.3 is 0 Å². The molecule has 17 heavy (non-hydrogen) atoms. The standard InChI is InChI=1S/C11H15NO4S/c1-17(14,15)9-4-2-8(3-5-9)12-10-6-16-7-11(10)13/h2-5,10-13H,6-7H2,1H3. The summed E-state index contributed by atoms with van der Waals surface area (Å²) in [5.74, 6) is 0. The van der Waals surface area contributed by atoms with E-state index in [1.54, 1.807) is 24.3 Å². The van der Waals surface area contributed by atoms with Crippen molar-refractivity contribution in [3.63, 3.8) is 0 Å². The van der Waals surface area contributed by atoms with E-state index in [9.17, 15) is 13.5 Å². The lowest BCUT2D eigenvalue weighted by Gasteiger charge is -2.15. The quantitative estimate of drug-likeness (QED) is 0.812. The maximum Gasteiger partial charge on any atom is 0.175 e. The van der Waals surface area contributed by atoms with Gasteiger partial charge in [-0.2, -0.15) is 0 Å². The van der Waals surface area contributed by atoms with Crippen molar-refractivity contribution in [2.24, 2.45) is 0 Å². The van der Waals surface area contributed by atoms with E-state index in [1.807, 2.05) is 0 Å². The summed E-state index contributed by atoms with van der Waals surface area (Å²) in [5, 5.41) is 12.7. The first-order valence-electron chi connectivity index (χ1n) is 5.29. The third kappa shape index (κ3) is 2.96. The Bertz CT molecular complexity index is 483. The van der Waals surface area contributed by atoms with Crippen molar-refractivity contribution in [1.29, 1.82) is 0 Å². The van der Waals surface area contributed by atoms with E-state index in [-0.39, 0.29) is 10.9 Å². The van der Waals surface area contributed by atoms with Gasteiger partial charge < -0.3 is 15.2 Å². The third-order valence-corrected chi connectivity index (χ3v) is 3.81. The summed E-state index contributed by atoms with van der Waals surface area (Å²) >= 11 is 0. The monoisotopic (exact) mass is 257 g/mol. The second-order valence-corrected chi connectivity index (χ2v) is 6.17. The van der Waals surface area contributed by atoms with Crippen LogP contribution in [-0.4, -0.2) is 45.1 Å². The van der Waals surface area contributed by atoms with Crippen molar-refractivity contribution < 1.29 is 18.3 Å². The lowest BCUT2D eigenvalue weighted by atomic mass is 10.2. The molecule has 0 saturated carbocycles. The minimum atomic E-state index is -3.16. The maximum atomic E-state index is 11.3. The highest BCUT2D eigenvalue weighted by Gasteiger charge is 2.25. The van der Waals surface area contributed by atoms with E-state index in [1.165, 1.54) is 6.26 Å². The Morgan fingerprint density at radius 3 is 2.41 bits per heavy atom. The number of aliphatic hydroxyl groups is 1. The number of hydrogen-bond donors (Lipinski definition) is 2. The van der Waals surface area contributed by atoms with Crippen molar-refractivity contribution >= 4 is 15.5 Å². The number of benzene rings is 1. The molecular formula is C11H15NO4S. The zero-order valence-electron chi connectivity index (χ0n) is 9.46. The van der Waals surface area contributed by atoms with E-state index < -0.39 is 15.9 Å². The van der Waals surface area contributed by atoms with Gasteiger partial charge in [-0.15, -0.1) is 0 Å². The smallest absolute Gasteiger partial charge is 0.175 e. The minimum Gasteiger partial charge on any atom is -0.388 e. The molecule has 0 aromatic heterocycles. The molecule has 6 heteroatoms. The minimum absolute atomic E-state index is 0.140. The third-order valence-electron chi connectivity index (χ3n) is 2.69. The average molecular weight is 257 g/mol. The molecule has 2 N–H and O–H groups in total. The molecule has 0 spiro atoms. The molecule has 1 aliphatic rings. The molecule has 1 aromatic carbocycles. The first-order chi connectivity index (χ1) is 7.97. The lowest BCUT2D eigenvalue weighted by Crippen LogP contribution is -2.31. The number of anilines is 1. The summed E-state index contributed by atoms with van der Waals surface area (Å²) in [6.07, 6.45) is 0.647. The fourth-order valence-corrected chi connectivity index (χ4v) is 2.32. The molecule has 0 amide bonds. The summed E-state index contributed by atoms with van der Waals surface area (Å²) in [6, 6.07) is 6.31. The van der Waals surface area contributed by atoms with Crippen LogP contribution in [0.3, 0.4) is 0 Å². The molecular weight excluding hydrogens is 242 g/mol. The van der Waals surface area contributed by atoms with Gasteiger partial charge in [0.25, 0.3) is 0 Å². The molecule has 1 fully saturated rings. The average Bonchev–Trinajstić information content (AvgIpc) is 2.64. The van der Waals surface area contributed by atoms with E-state index in [0.29, 0.717) is 13.2 Å². The Morgan fingerprint density at radius 1 is 1.29 bits per heavy atom. The van der Waals surface area contributed by atoms with Gasteiger partial charge in [0.2, 0.25) is 0 Å². The molecule has 1 saturated heterocycles. The summed E-state index contributed by atoms with van der Waals surface area (Å²) < 4.78 is 27.6. The second kappa shape index (κ2) is 4.64. The van der Waals surface area contributed by atoms with E-state index in [4.69, 9.17) is 4.74 Å². The van der Waals surface area contributed by atoms with Crippen molar-refractivity contribution in [3.05, 3.63) is 24.3 Å². The molecule has 1 aliphatic heterocycles. The second-order valence-electron chi connectivity index (χ2n) is 4.15. The predicted octanol–water partition coefficient (Wildman–Crippen LogP) is 0.262. The molecule has 0 bridgehead atoms. The fraction of sp³-hybridized carbons (Fsp3) is 0.455. The highest BCUT2D eigenvalue weighted by Crippen LogP contribution is 2.17. The largest absolute Gasteiger partial charge is 0.388 e. The van der Waals surface area contributed by atoms with Crippen molar-refractivity contribution in [3.8, 4) is 0 Å². The lowest BCUT2D eigenvalue weighted by molar-refractivity contribution is 0.125. The maximum absolute atomic E-state index is 11.3. The van der Waals surface area contributed by atoms with Crippen LogP contribution in [0.25, 0.3) is 0 Å². The van der Waals surface area contributed by atoms with E-state index in [2.05, 4.69) is 5.32 Å². The summed E-state index contributed by atoms with van der Waals surface area (Å²) in [7, 11) is -3.16. The van der Waals surface area contributed by atoms with Gasteiger partial charge in [-0.1, -0.05) is 0 Å². The molecule has 2 unspecified atom stereocenters. The topological polar surface area (TPSA) is 75.6 Å². The Labute approximate surface area is 100 Å². The molecule has 2 rings (SSSR count). The number of nitrogens with one attached hydrogen (secondary N) is 1. The van der Waals surface area contributed by atoms with Gasteiger partial charge in [0.1, 0.15) is 0 Å². The van der Waals surface area contributed by atoms with Crippen LogP contribution in [0, 0.1) is 0 Å². The Balaban J connectivity index is 2.08. The normalized spacial score (nSPS) is 24.8. The number of rotatable bonds is 3. The molecule has 0 radical (unpaired) electrons. The number of ether oxygens (including phenoxy) is 1. The van der Waals surface area contributed by atoms with Gasteiger partial charge in [-0.3, -0.25) is 0 Å². The number of aliphatic hydroxyl groups excluding tert-OH is 1. The number of hydrogen-bond acceptors (Lipinski definition) is 5. The van der Waals surface area contributed by atoms with Crippen LogP contribution in [0.4, 0.5) is 5.69 Å². The first-order valence-corrected chi connectivity index (χ1v) is 7.18. The van der Waals surface area contributed by atoms with Crippen molar-refractivity contribution in [2.75, 3.05) is 24.8 Å². The van der Waals surface area contributed by atoms with Gasteiger partial charge in [0, 0.05) is 11.9 Å². The highest BCUT2D eigenvalue weighted by molar-refractivity contribution is 7.90. The van der Waals surface area contributed by atoms with Gasteiger partial charge in [0.05, 0.1) is 30.3 Å². The van der Waals surface area contributed by atoms with Crippen molar-refractivity contribution in [1.82, 2.24) is 0 Å². The first kappa shape index (κ1) is 12.3. The van der Waals surface area contributed by atoms with Gasteiger partial charge in [0.15, 0.2) is 9.84 Å². The SMILES string of the molecule is CS(=O)(=O)c1ccc(NC2COCC2O)cc1.